The molecule has 0 bridgehead atoms. The number of hydrogen-bond donors (Lipinski definition) is 1. The first-order valence-corrected chi connectivity index (χ1v) is 11.4. The molecule has 1 fully saturated rings. The molecule has 4 rings (SSSR count). The number of aromatic amines is 1. The van der Waals surface area contributed by atoms with Gasteiger partial charge in [0.25, 0.3) is 0 Å². The van der Waals surface area contributed by atoms with Crippen molar-refractivity contribution in [2.45, 2.75) is 43.8 Å². The molecule has 0 radical (unpaired) electrons. The number of fused-ring (bicyclic) bond motifs is 1. The average Bonchev–Trinajstić information content (AvgIpc) is 3.37. The molecule has 3 heterocycles. The molecule has 0 atom stereocenters. The molecule has 1 saturated carbocycles. The third-order valence-corrected chi connectivity index (χ3v) is 8.03. The number of sulfone groups is 1. The predicted octanol–water partition coefficient (Wildman–Crippen LogP) is 2.93. The van der Waals surface area contributed by atoms with Crippen molar-refractivity contribution in [2.24, 2.45) is 0 Å². The monoisotopic (exact) mass is 387 g/mol. The Bertz CT molecular complexity index is 971. The highest BCUT2D eigenvalue weighted by Crippen LogP contribution is 2.29. The average molecular weight is 388 g/mol. The first kappa shape index (κ1) is 18.2. The van der Waals surface area contributed by atoms with Gasteiger partial charge in [-0.15, -0.1) is 0 Å². The second kappa shape index (κ2) is 7.46. The molecule has 2 aromatic heterocycles. The van der Waals surface area contributed by atoms with Crippen molar-refractivity contribution in [1.82, 2.24) is 14.9 Å². The van der Waals surface area contributed by atoms with Gasteiger partial charge in [0.1, 0.15) is 5.65 Å². The van der Waals surface area contributed by atoms with E-state index in [1.807, 2.05) is 18.3 Å². The number of amides is 1. The maximum atomic E-state index is 12.5. The Kier molecular flexibility index (Phi) is 5.04. The molecule has 0 spiro atoms. The van der Waals surface area contributed by atoms with Crippen LogP contribution in [0.15, 0.2) is 30.6 Å². The molecule has 1 amide bonds. The molecule has 2 aromatic rings. The van der Waals surface area contributed by atoms with Crippen LogP contribution in [-0.4, -0.2) is 53.3 Å². The van der Waals surface area contributed by atoms with Gasteiger partial charge in [-0.25, -0.2) is 13.4 Å². The summed E-state index contributed by atoms with van der Waals surface area (Å²) in [6.07, 6.45) is 10.1. The number of pyridine rings is 1. The van der Waals surface area contributed by atoms with Crippen molar-refractivity contribution < 1.29 is 13.2 Å². The summed E-state index contributed by atoms with van der Waals surface area (Å²) < 4.78 is 24.7. The fourth-order valence-corrected chi connectivity index (χ4v) is 6.01. The Morgan fingerprint density at radius 1 is 1.30 bits per heavy atom. The number of aromatic nitrogens is 2. The van der Waals surface area contributed by atoms with Gasteiger partial charge >= 0.3 is 0 Å². The van der Waals surface area contributed by atoms with Crippen LogP contribution in [-0.2, 0) is 14.6 Å². The van der Waals surface area contributed by atoms with Gasteiger partial charge < -0.3 is 9.88 Å². The highest BCUT2D eigenvalue weighted by Gasteiger charge is 2.29. The number of nitrogens with zero attached hydrogens (tertiary/aromatic N) is 2. The van der Waals surface area contributed by atoms with Gasteiger partial charge in [0.15, 0.2) is 9.84 Å². The molecule has 0 unspecified atom stereocenters. The molecular formula is C20H25N3O3S. The predicted molar refractivity (Wildman–Crippen MR) is 106 cm³/mol. The van der Waals surface area contributed by atoms with Crippen LogP contribution < -0.4 is 0 Å². The zero-order chi connectivity index (χ0) is 18.9. The van der Waals surface area contributed by atoms with Crippen LogP contribution in [0.3, 0.4) is 0 Å². The van der Waals surface area contributed by atoms with E-state index in [0.717, 1.165) is 48.7 Å². The van der Waals surface area contributed by atoms with Crippen molar-refractivity contribution >= 4 is 32.4 Å². The second-order valence-corrected chi connectivity index (χ2v) is 9.85. The molecule has 7 heteroatoms. The lowest BCUT2D eigenvalue weighted by Gasteiger charge is -2.26. The van der Waals surface area contributed by atoms with E-state index in [4.69, 9.17) is 0 Å². The summed E-state index contributed by atoms with van der Waals surface area (Å²) in [6.45, 7) is 1.16. The summed E-state index contributed by atoms with van der Waals surface area (Å²) >= 11 is 0. The molecule has 144 valence electrons. The maximum absolute atomic E-state index is 12.5. The van der Waals surface area contributed by atoms with Crippen LogP contribution in [0.5, 0.6) is 0 Å². The Balaban J connectivity index is 1.37. The van der Waals surface area contributed by atoms with Crippen LogP contribution in [0, 0.1) is 0 Å². The topological polar surface area (TPSA) is 83.1 Å². The Morgan fingerprint density at radius 3 is 2.85 bits per heavy atom. The fraction of sp³-hybridized carbons (Fsp3) is 0.500. The molecule has 2 aliphatic rings. The number of nitrogens with one attached hydrogen (secondary N) is 1. The zero-order valence-corrected chi connectivity index (χ0v) is 16.2. The zero-order valence-electron chi connectivity index (χ0n) is 15.4. The third kappa shape index (κ3) is 3.78. The molecule has 1 N–H and O–H groups in total. The summed E-state index contributed by atoms with van der Waals surface area (Å²) in [5, 5.41) is 0.861. The van der Waals surface area contributed by atoms with Gasteiger partial charge in [-0.05, 0) is 37.0 Å². The van der Waals surface area contributed by atoms with E-state index in [9.17, 15) is 13.2 Å². The Labute approximate surface area is 159 Å². The van der Waals surface area contributed by atoms with Crippen LogP contribution in [0.4, 0.5) is 0 Å². The SMILES string of the molecule is O=C(CCS(=O)(=O)C1CCCC1)N1CC=C(c2c[nH]c3ncccc23)CC1. The molecule has 0 aromatic carbocycles. The van der Waals surface area contributed by atoms with Gasteiger partial charge in [-0.3, -0.25) is 4.79 Å². The number of rotatable bonds is 5. The maximum Gasteiger partial charge on any atom is 0.223 e. The Hall–Kier alpha value is -2.15. The first-order chi connectivity index (χ1) is 13.0. The summed E-state index contributed by atoms with van der Waals surface area (Å²) in [5.74, 6) is -0.0787. The summed E-state index contributed by atoms with van der Waals surface area (Å²) in [7, 11) is -3.14. The van der Waals surface area contributed by atoms with Crippen molar-refractivity contribution in [3.63, 3.8) is 0 Å². The smallest absolute Gasteiger partial charge is 0.223 e. The minimum atomic E-state index is -3.14. The van der Waals surface area contributed by atoms with Crippen molar-refractivity contribution in [2.75, 3.05) is 18.8 Å². The standard InChI is InChI=1S/C20H25N3O3S/c24-19(9-13-27(25,26)16-4-1-2-5-16)23-11-7-15(8-12-23)18-14-22-20-17(18)6-3-10-21-20/h3,6-7,10,14,16H,1-2,4-5,8-9,11-13H2,(H,21,22). The normalized spacial score (nSPS) is 18.8. The highest BCUT2D eigenvalue weighted by atomic mass is 32.2. The van der Waals surface area contributed by atoms with Gasteiger partial charge in [0.05, 0.1) is 11.0 Å². The largest absolute Gasteiger partial charge is 0.346 e. The lowest BCUT2D eigenvalue weighted by Crippen LogP contribution is -2.36. The number of hydrogen-bond acceptors (Lipinski definition) is 4. The van der Waals surface area contributed by atoms with Gasteiger partial charge in [-0.2, -0.15) is 0 Å². The van der Waals surface area contributed by atoms with Gasteiger partial charge in [0, 0.05) is 42.9 Å². The molecule has 1 aliphatic heterocycles. The van der Waals surface area contributed by atoms with Crippen LogP contribution in [0.25, 0.3) is 16.6 Å². The first-order valence-electron chi connectivity index (χ1n) is 9.65. The van der Waals surface area contributed by atoms with Crippen LogP contribution in [0.2, 0.25) is 0 Å². The van der Waals surface area contributed by atoms with E-state index in [1.165, 1.54) is 5.57 Å². The quantitative estimate of drug-likeness (QED) is 0.855. The Morgan fingerprint density at radius 2 is 2.11 bits per heavy atom. The number of carbonyl (C=O) groups excluding carboxylic acids is 1. The van der Waals surface area contributed by atoms with Gasteiger partial charge in [0.2, 0.25) is 5.91 Å². The van der Waals surface area contributed by atoms with Crippen LogP contribution in [0.1, 0.15) is 44.1 Å². The fourth-order valence-electron chi connectivity index (χ4n) is 4.16. The van der Waals surface area contributed by atoms with E-state index in [1.54, 1.807) is 11.1 Å². The molecule has 27 heavy (non-hydrogen) atoms. The van der Waals surface area contributed by atoms with Crippen molar-refractivity contribution in [3.8, 4) is 0 Å². The minimum Gasteiger partial charge on any atom is -0.346 e. The molecule has 6 nitrogen and oxygen atoms in total. The van der Waals surface area contributed by atoms with E-state index >= 15 is 0 Å². The van der Waals surface area contributed by atoms with E-state index in [-0.39, 0.29) is 23.3 Å². The van der Waals surface area contributed by atoms with E-state index < -0.39 is 9.84 Å². The molecular weight excluding hydrogens is 362 g/mol. The highest BCUT2D eigenvalue weighted by molar-refractivity contribution is 7.92. The van der Waals surface area contributed by atoms with Gasteiger partial charge in [-0.1, -0.05) is 18.9 Å². The lowest BCUT2D eigenvalue weighted by atomic mass is 9.99. The van der Waals surface area contributed by atoms with Crippen molar-refractivity contribution in [3.05, 3.63) is 36.2 Å². The molecule has 1 aliphatic carbocycles. The lowest BCUT2D eigenvalue weighted by molar-refractivity contribution is -0.130. The minimum absolute atomic E-state index is 0.0162. The number of carbonyl (C=O) groups is 1. The van der Waals surface area contributed by atoms with E-state index in [2.05, 4.69) is 16.0 Å². The summed E-state index contributed by atoms with van der Waals surface area (Å²) in [5.41, 5.74) is 3.20. The van der Waals surface area contributed by atoms with Crippen molar-refractivity contribution in [1.29, 1.82) is 0 Å². The summed E-state index contributed by atoms with van der Waals surface area (Å²) in [4.78, 5) is 21.7. The molecule has 0 saturated heterocycles. The second-order valence-electron chi connectivity index (χ2n) is 7.44. The van der Waals surface area contributed by atoms with E-state index in [0.29, 0.717) is 13.1 Å². The number of H-pyrrole nitrogens is 1. The third-order valence-electron chi connectivity index (χ3n) is 5.77. The van der Waals surface area contributed by atoms with Crippen LogP contribution >= 0.6 is 0 Å². The summed E-state index contributed by atoms with van der Waals surface area (Å²) in [6, 6.07) is 3.96.